The van der Waals surface area contributed by atoms with Gasteiger partial charge in [-0.1, -0.05) is 23.8 Å². The highest BCUT2D eigenvalue weighted by atomic mass is 32.1. The first-order valence-electron chi connectivity index (χ1n) is 7.73. The van der Waals surface area contributed by atoms with Gasteiger partial charge in [0, 0.05) is 4.88 Å². The molecule has 1 aromatic carbocycles. The van der Waals surface area contributed by atoms with E-state index in [1.807, 2.05) is 60.8 Å². The first kappa shape index (κ1) is 16.3. The van der Waals surface area contributed by atoms with Crippen LogP contribution in [0.15, 0.2) is 64.6 Å². The van der Waals surface area contributed by atoms with Gasteiger partial charge in [-0.05, 0) is 42.6 Å². The molecule has 3 rings (SSSR count). The minimum atomic E-state index is -0.0691. The lowest BCUT2D eigenvalue weighted by Crippen LogP contribution is -2.33. The number of amides is 1. The van der Waals surface area contributed by atoms with Crippen molar-refractivity contribution in [3.63, 3.8) is 0 Å². The standard InChI is InChI=1S/C19H19NO3S/c1-15-6-8-16(9-7-15)23-14-19(21)20(12-17-4-2-10-22-17)13-18-5-3-11-24-18/h2-11H,12-14H2,1H3. The Kier molecular flexibility index (Phi) is 5.33. The number of thiophene rings is 1. The summed E-state index contributed by atoms with van der Waals surface area (Å²) in [6, 6.07) is 15.4. The van der Waals surface area contributed by atoms with Gasteiger partial charge in [0.2, 0.25) is 0 Å². The number of nitrogens with zero attached hydrogens (tertiary/aromatic N) is 1. The van der Waals surface area contributed by atoms with E-state index in [-0.39, 0.29) is 12.5 Å². The van der Waals surface area contributed by atoms with Gasteiger partial charge in [-0.3, -0.25) is 4.79 Å². The highest BCUT2D eigenvalue weighted by Crippen LogP contribution is 2.16. The predicted molar refractivity (Wildman–Crippen MR) is 94.0 cm³/mol. The topological polar surface area (TPSA) is 42.7 Å². The van der Waals surface area contributed by atoms with Crippen molar-refractivity contribution in [1.29, 1.82) is 0 Å². The maximum atomic E-state index is 12.6. The smallest absolute Gasteiger partial charge is 0.261 e. The van der Waals surface area contributed by atoms with Crippen LogP contribution in [-0.4, -0.2) is 17.4 Å². The van der Waals surface area contributed by atoms with Crippen LogP contribution in [0, 0.1) is 6.92 Å². The molecule has 0 aliphatic rings. The quantitative estimate of drug-likeness (QED) is 0.645. The fraction of sp³-hybridized carbons (Fsp3) is 0.211. The molecule has 0 N–H and O–H groups in total. The van der Waals surface area contributed by atoms with Crippen LogP contribution in [0.4, 0.5) is 0 Å². The van der Waals surface area contributed by atoms with Crippen LogP contribution in [0.3, 0.4) is 0 Å². The molecule has 5 heteroatoms. The molecule has 0 aliphatic heterocycles. The van der Waals surface area contributed by atoms with Crippen molar-refractivity contribution in [2.45, 2.75) is 20.0 Å². The lowest BCUT2D eigenvalue weighted by molar-refractivity contribution is -0.134. The van der Waals surface area contributed by atoms with Crippen molar-refractivity contribution in [1.82, 2.24) is 4.90 Å². The summed E-state index contributed by atoms with van der Waals surface area (Å²) in [5, 5.41) is 2.01. The fourth-order valence-corrected chi connectivity index (χ4v) is 3.00. The zero-order valence-electron chi connectivity index (χ0n) is 13.5. The minimum Gasteiger partial charge on any atom is -0.484 e. The van der Waals surface area contributed by atoms with Crippen molar-refractivity contribution >= 4 is 17.2 Å². The Morgan fingerprint density at radius 3 is 2.62 bits per heavy atom. The molecule has 0 atom stereocenters. The Morgan fingerprint density at radius 1 is 1.12 bits per heavy atom. The van der Waals surface area contributed by atoms with E-state index in [0.717, 1.165) is 16.2 Å². The Bertz CT molecular complexity index is 712. The van der Waals surface area contributed by atoms with Gasteiger partial charge < -0.3 is 14.1 Å². The first-order chi connectivity index (χ1) is 11.7. The van der Waals surface area contributed by atoms with Gasteiger partial charge in [0.25, 0.3) is 5.91 Å². The third-order valence-corrected chi connectivity index (χ3v) is 4.45. The molecule has 0 aliphatic carbocycles. The van der Waals surface area contributed by atoms with Gasteiger partial charge in [-0.15, -0.1) is 11.3 Å². The van der Waals surface area contributed by atoms with Crippen molar-refractivity contribution in [3.8, 4) is 5.75 Å². The molecule has 24 heavy (non-hydrogen) atoms. The second kappa shape index (κ2) is 7.84. The molecule has 0 spiro atoms. The Balaban J connectivity index is 1.64. The molecule has 2 heterocycles. The Labute approximate surface area is 145 Å². The van der Waals surface area contributed by atoms with Crippen LogP contribution < -0.4 is 4.74 Å². The van der Waals surface area contributed by atoms with E-state index in [1.54, 1.807) is 22.5 Å². The highest BCUT2D eigenvalue weighted by molar-refractivity contribution is 7.09. The van der Waals surface area contributed by atoms with E-state index in [0.29, 0.717) is 18.8 Å². The second-order valence-electron chi connectivity index (χ2n) is 5.51. The normalized spacial score (nSPS) is 10.5. The Hall–Kier alpha value is -2.53. The number of carbonyl (C=O) groups is 1. The molecular formula is C19H19NO3S. The van der Waals surface area contributed by atoms with Crippen LogP contribution in [0.5, 0.6) is 5.75 Å². The van der Waals surface area contributed by atoms with Crippen LogP contribution >= 0.6 is 11.3 Å². The summed E-state index contributed by atoms with van der Waals surface area (Å²) in [6.45, 7) is 3.01. The van der Waals surface area contributed by atoms with Gasteiger partial charge in [-0.2, -0.15) is 0 Å². The summed E-state index contributed by atoms with van der Waals surface area (Å²) in [5.41, 5.74) is 1.16. The third-order valence-electron chi connectivity index (χ3n) is 3.59. The molecule has 1 amide bonds. The fourth-order valence-electron chi connectivity index (χ4n) is 2.28. The number of carbonyl (C=O) groups excluding carboxylic acids is 1. The first-order valence-corrected chi connectivity index (χ1v) is 8.61. The molecule has 4 nitrogen and oxygen atoms in total. The molecule has 0 saturated heterocycles. The van der Waals surface area contributed by atoms with Crippen LogP contribution in [-0.2, 0) is 17.9 Å². The van der Waals surface area contributed by atoms with E-state index in [4.69, 9.17) is 9.15 Å². The molecule has 0 radical (unpaired) electrons. The van der Waals surface area contributed by atoms with Crippen molar-refractivity contribution < 1.29 is 13.9 Å². The molecule has 2 aromatic heterocycles. The number of furan rings is 1. The van der Waals surface area contributed by atoms with Gasteiger partial charge in [0.1, 0.15) is 11.5 Å². The van der Waals surface area contributed by atoms with Crippen molar-refractivity contribution in [3.05, 3.63) is 76.4 Å². The van der Waals surface area contributed by atoms with Crippen LogP contribution in [0.2, 0.25) is 0 Å². The zero-order valence-corrected chi connectivity index (χ0v) is 14.3. The third kappa shape index (κ3) is 4.49. The molecule has 0 unspecified atom stereocenters. The lowest BCUT2D eigenvalue weighted by atomic mass is 10.2. The summed E-state index contributed by atoms with van der Waals surface area (Å²) in [7, 11) is 0. The summed E-state index contributed by atoms with van der Waals surface area (Å²) < 4.78 is 11.0. The lowest BCUT2D eigenvalue weighted by Gasteiger charge is -2.21. The molecule has 124 valence electrons. The van der Waals surface area contributed by atoms with E-state index >= 15 is 0 Å². The van der Waals surface area contributed by atoms with E-state index < -0.39 is 0 Å². The molecule has 0 saturated carbocycles. The number of rotatable bonds is 7. The zero-order chi connectivity index (χ0) is 16.8. The predicted octanol–water partition coefficient (Wildman–Crippen LogP) is 4.26. The monoisotopic (exact) mass is 341 g/mol. The number of benzene rings is 1. The van der Waals surface area contributed by atoms with Crippen LogP contribution in [0.25, 0.3) is 0 Å². The number of aryl methyl sites for hydroxylation is 1. The number of ether oxygens (including phenoxy) is 1. The summed E-state index contributed by atoms with van der Waals surface area (Å²) in [6.07, 6.45) is 1.62. The highest BCUT2D eigenvalue weighted by Gasteiger charge is 2.17. The van der Waals surface area contributed by atoms with E-state index in [9.17, 15) is 4.79 Å². The van der Waals surface area contributed by atoms with E-state index in [1.165, 1.54) is 0 Å². The average molecular weight is 341 g/mol. The molecule has 0 fully saturated rings. The van der Waals surface area contributed by atoms with E-state index in [2.05, 4.69) is 0 Å². The average Bonchev–Trinajstić information content (AvgIpc) is 3.27. The maximum Gasteiger partial charge on any atom is 0.261 e. The van der Waals surface area contributed by atoms with Crippen LogP contribution in [0.1, 0.15) is 16.2 Å². The molecule has 3 aromatic rings. The Morgan fingerprint density at radius 2 is 1.96 bits per heavy atom. The van der Waals surface area contributed by atoms with Crippen molar-refractivity contribution in [2.24, 2.45) is 0 Å². The second-order valence-corrected chi connectivity index (χ2v) is 6.54. The molecule has 0 bridgehead atoms. The van der Waals surface area contributed by atoms with Gasteiger partial charge in [0.15, 0.2) is 6.61 Å². The maximum absolute atomic E-state index is 12.6. The summed E-state index contributed by atoms with van der Waals surface area (Å²) >= 11 is 1.63. The van der Waals surface area contributed by atoms with Gasteiger partial charge in [-0.25, -0.2) is 0 Å². The van der Waals surface area contributed by atoms with Crippen molar-refractivity contribution in [2.75, 3.05) is 6.61 Å². The number of hydrogen-bond acceptors (Lipinski definition) is 4. The largest absolute Gasteiger partial charge is 0.484 e. The summed E-state index contributed by atoms with van der Waals surface area (Å²) in [5.74, 6) is 1.39. The SMILES string of the molecule is Cc1ccc(OCC(=O)N(Cc2ccco2)Cc2cccs2)cc1. The molecular weight excluding hydrogens is 322 g/mol. The summed E-state index contributed by atoms with van der Waals surface area (Å²) in [4.78, 5) is 15.5. The van der Waals surface area contributed by atoms with Gasteiger partial charge >= 0.3 is 0 Å². The van der Waals surface area contributed by atoms with Gasteiger partial charge in [0.05, 0.1) is 19.4 Å². The number of hydrogen-bond donors (Lipinski definition) is 0. The minimum absolute atomic E-state index is 0.00907.